The molecule has 0 bridgehead atoms. The maximum absolute atomic E-state index is 6.46. The van der Waals surface area contributed by atoms with Gasteiger partial charge >= 0.3 is 0 Å². The van der Waals surface area contributed by atoms with E-state index in [4.69, 9.17) is 4.42 Å². The molecule has 10 rings (SSSR count). The van der Waals surface area contributed by atoms with E-state index in [1.54, 1.807) is 0 Å². The third-order valence-electron chi connectivity index (χ3n) is 10.2. The molecule has 0 saturated heterocycles. The summed E-state index contributed by atoms with van der Waals surface area (Å²) in [6.45, 7) is 0. The molecule has 0 atom stereocenters. The third kappa shape index (κ3) is 5.04. The maximum Gasteiger partial charge on any atom is 0.136 e. The van der Waals surface area contributed by atoms with Crippen LogP contribution < -0.4 is 4.90 Å². The van der Waals surface area contributed by atoms with E-state index in [9.17, 15) is 0 Å². The molecule has 0 amide bonds. The van der Waals surface area contributed by atoms with E-state index in [1.807, 2.05) is 12.1 Å². The summed E-state index contributed by atoms with van der Waals surface area (Å²) in [6, 6.07) is 71.9. The lowest BCUT2D eigenvalue weighted by molar-refractivity contribution is 0.669. The van der Waals surface area contributed by atoms with Crippen molar-refractivity contribution in [3.05, 3.63) is 200 Å². The fourth-order valence-electron chi connectivity index (χ4n) is 7.85. The summed E-state index contributed by atoms with van der Waals surface area (Å²) in [7, 11) is 0. The van der Waals surface area contributed by atoms with Gasteiger partial charge in [0, 0.05) is 27.2 Å². The van der Waals surface area contributed by atoms with Crippen LogP contribution in [0.1, 0.15) is 0 Å². The molecule has 0 spiro atoms. The molecule has 1 aromatic heterocycles. The first-order valence-corrected chi connectivity index (χ1v) is 17.8. The smallest absolute Gasteiger partial charge is 0.136 e. The van der Waals surface area contributed by atoms with Crippen molar-refractivity contribution in [2.45, 2.75) is 0 Å². The van der Waals surface area contributed by atoms with Crippen molar-refractivity contribution in [1.82, 2.24) is 0 Å². The number of nitrogens with zero attached hydrogens (tertiary/aromatic N) is 1. The Balaban J connectivity index is 1.32. The van der Waals surface area contributed by atoms with Gasteiger partial charge in [0.2, 0.25) is 0 Å². The third-order valence-corrected chi connectivity index (χ3v) is 10.2. The van der Waals surface area contributed by atoms with E-state index in [1.165, 1.54) is 27.1 Å². The van der Waals surface area contributed by atoms with Crippen LogP contribution in [0.5, 0.6) is 0 Å². The molecule has 10 aromatic rings. The summed E-state index contributed by atoms with van der Waals surface area (Å²) >= 11 is 0. The van der Waals surface area contributed by atoms with Gasteiger partial charge in [-0.1, -0.05) is 158 Å². The first-order valence-electron chi connectivity index (χ1n) is 17.8. The fraction of sp³-hybridized carbons (Fsp3) is 0. The van der Waals surface area contributed by atoms with Gasteiger partial charge in [0.25, 0.3) is 0 Å². The first-order chi connectivity index (χ1) is 25.8. The highest BCUT2D eigenvalue weighted by Crippen LogP contribution is 2.49. The molecular weight excluding hydrogens is 631 g/mol. The van der Waals surface area contributed by atoms with Crippen molar-refractivity contribution in [2.24, 2.45) is 0 Å². The average molecular weight is 664 g/mol. The van der Waals surface area contributed by atoms with Gasteiger partial charge in [-0.15, -0.1) is 0 Å². The van der Waals surface area contributed by atoms with Crippen LogP contribution in [0.25, 0.3) is 76.9 Å². The molecule has 0 aliphatic heterocycles. The predicted molar refractivity (Wildman–Crippen MR) is 220 cm³/mol. The zero-order chi connectivity index (χ0) is 34.4. The molecule has 9 aromatic carbocycles. The Bertz CT molecular complexity index is 2750. The van der Waals surface area contributed by atoms with Crippen molar-refractivity contribution >= 4 is 60.5 Å². The second kappa shape index (κ2) is 12.5. The normalized spacial score (nSPS) is 11.5. The zero-order valence-electron chi connectivity index (χ0n) is 28.4. The molecule has 0 aliphatic carbocycles. The van der Waals surface area contributed by atoms with Gasteiger partial charge in [0.05, 0.1) is 11.4 Å². The van der Waals surface area contributed by atoms with Crippen molar-refractivity contribution < 1.29 is 4.42 Å². The van der Waals surface area contributed by atoms with Gasteiger partial charge in [-0.3, -0.25) is 0 Å². The lowest BCUT2D eigenvalue weighted by atomic mass is 9.86. The van der Waals surface area contributed by atoms with Crippen LogP contribution in [0.15, 0.2) is 205 Å². The molecule has 0 unspecified atom stereocenters. The van der Waals surface area contributed by atoms with Gasteiger partial charge in [-0.2, -0.15) is 0 Å². The van der Waals surface area contributed by atoms with Crippen molar-refractivity contribution in [1.29, 1.82) is 0 Å². The molecule has 52 heavy (non-hydrogen) atoms. The summed E-state index contributed by atoms with van der Waals surface area (Å²) in [5, 5.41) is 7.04. The second-order valence-electron chi connectivity index (χ2n) is 13.3. The maximum atomic E-state index is 6.46. The minimum Gasteiger partial charge on any atom is -0.456 e. The number of furan rings is 1. The quantitative estimate of drug-likeness (QED) is 0.176. The van der Waals surface area contributed by atoms with Crippen LogP contribution in [0.3, 0.4) is 0 Å². The van der Waals surface area contributed by atoms with Crippen LogP contribution in [0, 0.1) is 0 Å². The Labute approximate surface area is 302 Å². The molecule has 2 heteroatoms. The van der Waals surface area contributed by atoms with E-state index in [-0.39, 0.29) is 0 Å². The van der Waals surface area contributed by atoms with Crippen molar-refractivity contribution in [3.63, 3.8) is 0 Å². The SMILES string of the molecule is c1ccc(-c2cc(N(c3cccc4ccccc34)c3cccc4ccccc34)cc(-c3ccccc3)c2-c2ccc3c(c2)oc2ccccc23)cc1. The number of rotatable bonds is 6. The molecule has 0 aliphatic rings. The van der Waals surface area contributed by atoms with Crippen molar-refractivity contribution in [3.8, 4) is 33.4 Å². The molecule has 0 radical (unpaired) electrons. The number of hydrogen-bond acceptors (Lipinski definition) is 2. The Hall–Kier alpha value is -6.90. The van der Waals surface area contributed by atoms with Crippen LogP contribution in [-0.4, -0.2) is 0 Å². The van der Waals surface area contributed by atoms with Crippen LogP contribution in [-0.2, 0) is 0 Å². The molecule has 0 saturated carbocycles. The minimum atomic E-state index is 0.883. The highest BCUT2D eigenvalue weighted by molar-refractivity contribution is 6.09. The van der Waals surface area contributed by atoms with Gasteiger partial charge in [0.15, 0.2) is 0 Å². The number of hydrogen-bond donors (Lipinski definition) is 0. The van der Waals surface area contributed by atoms with Gasteiger partial charge in [0.1, 0.15) is 11.2 Å². The predicted octanol–water partition coefficient (Wildman–Crippen LogP) is 14.4. The van der Waals surface area contributed by atoms with E-state index >= 15 is 0 Å². The average Bonchev–Trinajstić information content (AvgIpc) is 3.59. The van der Waals surface area contributed by atoms with Gasteiger partial charge < -0.3 is 9.32 Å². The summed E-state index contributed by atoms with van der Waals surface area (Å²) in [5.74, 6) is 0. The van der Waals surface area contributed by atoms with Gasteiger partial charge in [-0.25, -0.2) is 0 Å². The van der Waals surface area contributed by atoms with Crippen molar-refractivity contribution in [2.75, 3.05) is 4.90 Å². The fourth-order valence-corrected chi connectivity index (χ4v) is 7.85. The Morgan fingerprint density at radius 3 is 1.40 bits per heavy atom. The van der Waals surface area contributed by atoms with Crippen LogP contribution in [0.4, 0.5) is 17.1 Å². The largest absolute Gasteiger partial charge is 0.456 e. The summed E-state index contributed by atoms with van der Waals surface area (Å²) in [5.41, 5.74) is 12.0. The number of anilines is 3. The number of fused-ring (bicyclic) bond motifs is 5. The minimum absolute atomic E-state index is 0.883. The highest BCUT2D eigenvalue weighted by Gasteiger charge is 2.23. The molecule has 0 fully saturated rings. The Morgan fingerprint density at radius 2 is 0.808 bits per heavy atom. The first kappa shape index (κ1) is 30.0. The molecule has 1 heterocycles. The zero-order valence-corrected chi connectivity index (χ0v) is 28.4. The Kier molecular flexibility index (Phi) is 7.18. The van der Waals surface area contributed by atoms with E-state index in [2.05, 4.69) is 193 Å². The summed E-state index contributed by atoms with van der Waals surface area (Å²) < 4.78 is 6.46. The topological polar surface area (TPSA) is 16.4 Å². The van der Waals surface area contributed by atoms with Gasteiger partial charge in [-0.05, 0) is 86.6 Å². The lowest BCUT2D eigenvalue weighted by Crippen LogP contribution is -2.12. The molecule has 0 N–H and O–H groups in total. The number of para-hydroxylation sites is 1. The van der Waals surface area contributed by atoms with E-state index in [0.29, 0.717) is 0 Å². The standard InChI is InChI=1S/C50H33NO/c1-3-15-36(16-4-1)44-32-39(51(46-26-13-21-34-19-7-9-23-40(34)46)47-27-14-22-35-20-8-10-24-41(35)47)33-45(37-17-5-2-6-18-37)50(44)38-29-30-43-42-25-11-12-28-48(42)52-49(43)31-38/h1-33H. The van der Waals surface area contributed by atoms with Crippen LogP contribution in [0.2, 0.25) is 0 Å². The van der Waals surface area contributed by atoms with E-state index < -0.39 is 0 Å². The van der Waals surface area contributed by atoms with E-state index in [0.717, 1.165) is 66.8 Å². The summed E-state index contributed by atoms with van der Waals surface area (Å²) in [4.78, 5) is 2.45. The summed E-state index contributed by atoms with van der Waals surface area (Å²) in [6.07, 6.45) is 0. The second-order valence-corrected chi connectivity index (χ2v) is 13.3. The monoisotopic (exact) mass is 663 g/mol. The molecule has 244 valence electrons. The lowest BCUT2D eigenvalue weighted by Gasteiger charge is -2.30. The molecule has 2 nitrogen and oxygen atoms in total. The number of benzene rings is 9. The Morgan fingerprint density at radius 1 is 0.327 bits per heavy atom. The van der Waals surface area contributed by atoms with Crippen LogP contribution >= 0.6 is 0 Å². The molecular formula is C50H33NO. The highest BCUT2D eigenvalue weighted by atomic mass is 16.3.